The molecule has 0 bridgehead atoms. The molecule has 1 aromatic rings. The molecule has 21 heavy (non-hydrogen) atoms. The summed E-state index contributed by atoms with van der Waals surface area (Å²) in [7, 11) is 0. The maximum absolute atomic E-state index is 12.7. The molecule has 2 atom stereocenters. The Labute approximate surface area is 134 Å². The lowest BCUT2D eigenvalue weighted by Crippen LogP contribution is -2.65. The molecule has 114 valence electrons. The average Bonchev–Trinajstić information content (AvgIpc) is 2.39. The van der Waals surface area contributed by atoms with E-state index in [1.165, 1.54) is 0 Å². The van der Waals surface area contributed by atoms with Crippen LogP contribution in [0.25, 0.3) is 0 Å². The van der Waals surface area contributed by atoms with Crippen LogP contribution in [0.2, 0.25) is 0 Å². The molecule has 0 spiro atoms. The molecule has 1 aliphatic rings. The Balaban J connectivity index is 2.30. The van der Waals surface area contributed by atoms with Gasteiger partial charge in [-0.25, -0.2) is 0 Å². The van der Waals surface area contributed by atoms with E-state index in [9.17, 15) is 9.59 Å². The Kier molecular flexibility index (Phi) is 4.42. The third-order valence-electron chi connectivity index (χ3n) is 3.83. The molecular weight excluding hydrogens is 332 g/mol. The first-order valence-electron chi connectivity index (χ1n) is 7.06. The zero-order chi connectivity index (χ0) is 15.8. The molecule has 5 heteroatoms. The number of carbonyl (C=O) groups excluding carboxylic acids is 2. The first-order valence-corrected chi connectivity index (χ1v) is 7.85. The molecule has 2 amide bonds. The van der Waals surface area contributed by atoms with Gasteiger partial charge in [0.05, 0.1) is 0 Å². The number of nitrogens with one attached hydrogen (secondary N) is 1. The fourth-order valence-corrected chi connectivity index (χ4v) is 2.84. The van der Waals surface area contributed by atoms with Gasteiger partial charge in [-0.2, -0.15) is 0 Å². The van der Waals surface area contributed by atoms with Crippen LogP contribution in [-0.4, -0.2) is 28.8 Å². The molecule has 1 aromatic carbocycles. The molecule has 0 radical (unpaired) electrons. The third-order valence-corrected chi connectivity index (χ3v) is 4.60. The van der Waals surface area contributed by atoms with Gasteiger partial charge in [0.15, 0.2) is 0 Å². The summed E-state index contributed by atoms with van der Waals surface area (Å²) in [5.74, 6) is -0.119. The number of nitrogens with zero attached hydrogens (tertiary/aromatic N) is 1. The summed E-state index contributed by atoms with van der Waals surface area (Å²) in [6.07, 6.45) is 0. The molecular formula is C16H21BrN2O2. The second-order valence-corrected chi connectivity index (χ2v) is 7.40. The standard InChI is InChI=1S/C16H21BrN2O2/c1-10-14(20)18-13(16(2,3)4)15(21)19(10)9-11-7-5-6-8-12(11)17/h5-8,10,13H,9H2,1-4H3,(H,18,20). The van der Waals surface area contributed by atoms with Gasteiger partial charge in [0.2, 0.25) is 11.8 Å². The van der Waals surface area contributed by atoms with Gasteiger partial charge >= 0.3 is 0 Å². The largest absolute Gasteiger partial charge is 0.342 e. The predicted molar refractivity (Wildman–Crippen MR) is 85.5 cm³/mol. The number of carbonyl (C=O) groups is 2. The summed E-state index contributed by atoms with van der Waals surface area (Å²) in [6.45, 7) is 8.08. The lowest BCUT2D eigenvalue weighted by Gasteiger charge is -2.42. The van der Waals surface area contributed by atoms with Crippen molar-refractivity contribution in [2.75, 3.05) is 0 Å². The number of halogens is 1. The summed E-state index contributed by atoms with van der Waals surface area (Å²) in [5.41, 5.74) is 0.694. The Morgan fingerprint density at radius 3 is 2.43 bits per heavy atom. The molecule has 2 rings (SSSR count). The molecule has 2 unspecified atom stereocenters. The number of piperazine rings is 1. The van der Waals surface area contributed by atoms with Crippen LogP contribution >= 0.6 is 15.9 Å². The van der Waals surface area contributed by atoms with Gasteiger partial charge in [-0.05, 0) is 24.0 Å². The van der Waals surface area contributed by atoms with Crippen molar-refractivity contribution >= 4 is 27.7 Å². The van der Waals surface area contributed by atoms with E-state index in [-0.39, 0.29) is 17.2 Å². The number of benzene rings is 1. The van der Waals surface area contributed by atoms with Crippen molar-refractivity contribution in [3.8, 4) is 0 Å². The normalized spacial score (nSPS) is 23.2. The van der Waals surface area contributed by atoms with Gasteiger partial charge in [0.1, 0.15) is 12.1 Å². The van der Waals surface area contributed by atoms with Crippen LogP contribution in [0.1, 0.15) is 33.3 Å². The van der Waals surface area contributed by atoms with Crippen molar-refractivity contribution in [3.63, 3.8) is 0 Å². The van der Waals surface area contributed by atoms with Gasteiger partial charge in [0, 0.05) is 11.0 Å². The molecule has 1 heterocycles. The van der Waals surface area contributed by atoms with Gasteiger partial charge in [0.25, 0.3) is 0 Å². The van der Waals surface area contributed by atoms with Crippen molar-refractivity contribution < 1.29 is 9.59 Å². The van der Waals surface area contributed by atoms with Gasteiger partial charge in [-0.15, -0.1) is 0 Å². The zero-order valence-electron chi connectivity index (χ0n) is 12.8. The summed E-state index contributed by atoms with van der Waals surface area (Å²) < 4.78 is 0.947. The molecule has 1 N–H and O–H groups in total. The number of rotatable bonds is 2. The van der Waals surface area contributed by atoms with E-state index < -0.39 is 12.1 Å². The predicted octanol–water partition coefficient (Wildman–Crippen LogP) is 2.71. The highest BCUT2D eigenvalue weighted by Gasteiger charge is 2.43. The first-order chi connectivity index (χ1) is 9.71. The summed E-state index contributed by atoms with van der Waals surface area (Å²) >= 11 is 3.49. The quantitative estimate of drug-likeness (QED) is 0.889. The topological polar surface area (TPSA) is 49.4 Å². The van der Waals surface area contributed by atoms with Crippen LogP contribution in [0.4, 0.5) is 0 Å². The molecule has 1 saturated heterocycles. The zero-order valence-corrected chi connectivity index (χ0v) is 14.4. The van der Waals surface area contributed by atoms with Crippen LogP contribution in [0.5, 0.6) is 0 Å². The lowest BCUT2D eigenvalue weighted by molar-refractivity contribution is -0.152. The van der Waals surface area contributed by atoms with E-state index in [1.54, 1.807) is 11.8 Å². The monoisotopic (exact) mass is 352 g/mol. The molecule has 0 aromatic heterocycles. The summed E-state index contributed by atoms with van der Waals surface area (Å²) in [5, 5.41) is 2.84. The van der Waals surface area contributed by atoms with E-state index in [4.69, 9.17) is 0 Å². The van der Waals surface area contributed by atoms with Gasteiger partial charge in [-0.1, -0.05) is 54.9 Å². The minimum atomic E-state index is -0.483. The van der Waals surface area contributed by atoms with Crippen LogP contribution in [0.3, 0.4) is 0 Å². The highest BCUT2D eigenvalue weighted by Crippen LogP contribution is 2.27. The maximum atomic E-state index is 12.7. The van der Waals surface area contributed by atoms with Crippen molar-refractivity contribution in [2.45, 2.75) is 46.3 Å². The van der Waals surface area contributed by atoms with E-state index in [0.717, 1.165) is 10.0 Å². The fraction of sp³-hybridized carbons (Fsp3) is 0.500. The molecule has 1 aliphatic heterocycles. The van der Waals surface area contributed by atoms with E-state index >= 15 is 0 Å². The average molecular weight is 353 g/mol. The number of amides is 2. The molecule has 0 aliphatic carbocycles. The lowest BCUT2D eigenvalue weighted by atomic mass is 9.84. The molecule has 4 nitrogen and oxygen atoms in total. The maximum Gasteiger partial charge on any atom is 0.246 e. The Morgan fingerprint density at radius 2 is 1.86 bits per heavy atom. The minimum Gasteiger partial charge on any atom is -0.342 e. The Morgan fingerprint density at radius 1 is 1.24 bits per heavy atom. The van der Waals surface area contributed by atoms with E-state index in [2.05, 4.69) is 21.2 Å². The van der Waals surface area contributed by atoms with Crippen molar-refractivity contribution in [1.82, 2.24) is 10.2 Å². The van der Waals surface area contributed by atoms with Crippen LogP contribution in [0.15, 0.2) is 28.7 Å². The second-order valence-electron chi connectivity index (χ2n) is 6.54. The molecule has 1 fully saturated rings. The smallest absolute Gasteiger partial charge is 0.246 e. The van der Waals surface area contributed by atoms with Crippen molar-refractivity contribution in [1.29, 1.82) is 0 Å². The van der Waals surface area contributed by atoms with E-state index in [1.807, 2.05) is 45.0 Å². The van der Waals surface area contributed by atoms with Gasteiger partial charge < -0.3 is 10.2 Å². The second kappa shape index (κ2) is 5.79. The van der Waals surface area contributed by atoms with Crippen LogP contribution in [-0.2, 0) is 16.1 Å². The summed E-state index contributed by atoms with van der Waals surface area (Å²) in [6, 6.07) is 6.82. The van der Waals surface area contributed by atoms with Crippen LogP contribution < -0.4 is 5.32 Å². The van der Waals surface area contributed by atoms with Gasteiger partial charge in [-0.3, -0.25) is 9.59 Å². The minimum absolute atomic E-state index is 0.0228. The fourth-order valence-electron chi connectivity index (χ4n) is 2.43. The molecule has 0 saturated carbocycles. The third kappa shape index (κ3) is 3.28. The summed E-state index contributed by atoms with van der Waals surface area (Å²) in [4.78, 5) is 26.6. The SMILES string of the molecule is CC1C(=O)NC(C(C)(C)C)C(=O)N1Cc1ccccc1Br. The Hall–Kier alpha value is -1.36. The highest BCUT2D eigenvalue weighted by molar-refractivity contribution is 9.10. The van der Waals surface area contributed by atoms with Crippen molar-refractivity contribution in [3.05, 3.63) is 34.3 Å². The first kappa shape index (κ1) is 16.0. The number of hydrogen-bond acceptors (Lipinski definition) is 2. The van der Waals surface area contributed by atoms with Crippen LogP contribution in [0, 0.1) is 5.41 Å². The number of hydrogen-bond donors (Lipinski definition) is 1. The van der Waals surface area contributed by atoms with Crippen molar-refractivity contribution in [2.24, 2.45) is 5.41 Å². The Bertz CT molecular complexity index is 566. The highest BCUT2D eigenvalue weighted by atomic mass is 79.9. The van der Waals surface area contributed by atoms with E-state index in [0.29, 0.717) is 6.54 Å².